The van der Waals surface area contributed by atoms with E-state index in [9.17, 15) is 0 Å². The maximum absolute atomic E-state index is 4.20. The molecule has 2 aliphatic rings. The van der Waals surface area contributed by atoms with Gasteiger partial charge in [0.2, 0.25) is 0 Å². The summed E-state index contributed by atoms with van der Waals surface area (Å²) in [5, 5.41) is 1.71. The fourth-order valence-corrected chi connectivity index (χ4v) is 8.94. The fraction of sp³-hybridized carbons (Fsp3) is 0.500. The van der Waals surface area contributed by atoms with Gasteiger partial charge in [-0.15, -0.1) is 0 Å². The molecule has 0 radical (unpaired) electrons. The van der Waals surface area contributed by atoms with Crippen LogP contribution in [0.3, 0.4) is 0 Å². The number of hydrogen-bond donors (Lipinski definition) is 0. The van der Waals surface area contributed by atoms with E-state index in [0.717, 1.165) is 11.3 Å². The zero-order valence-electron chi connectivity index (χ0n) is 16.0. The third-order valence-electron chi connectivity index (χ3n) is 6.20. The predicted molar refractivity (Wildman–Crippen MR) is 118 cm³/mol. The Morgan fingerprint density at radius 1 is 0.630 bits per heavy atom. The molecule has 0 unspecified atom stereocenters. The Morgan fingerprint density at radius 2 is 1.11 bits per heavy atom. The zero-order valence-corrected chi connectivity index (χ0v) is 18.6. The van der Waals surface area contributed by atoms with Crippen molar-refractivity contribution in [2.24, 2.45) is 0 Å². The van der Waals surface area contributed by atoms with Crippen molar-refractivity contribution < 1.29 is 15.1 Å². The summed E-state index contributed by atoms with van der Waals surface area (Å²) in [5.41, 5.74) is 4.87. The van der Waals surface area contributed by atoms with Crippen LogP contribution in [0.4, 0.5) is 0 Å². The fourth-order valence-electron chi connectivity index (χ4n) is 4.97. The molecule has 2 fully saturated rings. The average Bonchev–Trinajstić information content (AvgIpc) is 2.78. The van der Waals surface area contributed by atoms with Crippen LogP contribution >= 0.6 is 18.0 Å². The maximum atomic E-state index is 4.20. The van der Waals surface area contributed by atoms with Crippen LogP contribution in [0.5, 0.6) is 0 Å². The third kappa shape index (κ3) is 5.61. The average molecular weight is 449 g/mol. The summed E-state index contributed by atoms with van der Waals surface area (Å²) in [6.45, 7) is 0. The molecule has 0 N–H and O–H groups in total. The van der Waals surface area contributed by atoms with Crippen molar-refractivity contribution in [2.75, 3.05) is 0 Å². The predicted octanol–water partition coefficient (Wildman–Crippen LogP) is 7.81. The van der Waals surface area contributed by atoms with Crippen molar-refractivity contribution in [3.63, 3.8) is 0 Å². The van der Waals surface area contributed by atoms with Crippen LogP contribution in [0, 0.1) is 0 Å². The van der Waals surface area contributed by atoms with E-state index in [4.69, 9.17) is 0 Å². The topological polar surface area (TPSA) is 0 Å². The van der Waals surface area contributed by atoms with Crippen molar-refractivity contribution in [2.45, 2.75) is 75.5 Å². The van der Waals surface area contributed by atoms with E-state index >= 15 is 0 Å². The van der Waals surface area contributed by atoms with E-state index in [-0.39, 0.29) is 7.92 Å². The molecule has 150 valence electrons. The molecule has 0 amide bonds. The Bertz CT molecular complexity index is 645. The van der Waals surface area contributed by atoms with Gasteiger partial charge in [-0.1, -0.05) is 101 Å². The van der Waals surface area contributed by atoms with Gasteiger partial charge in [-0.25, -0.2) is 0 Å². The molecule has 2 aromatic carbocycles. The Balaban J connectivity index is 0.00000102. The zero-order chi connectivity index (χ0) is 18.9. The van der Waals surface area contributed by atoms with Crippen LogP contribution < -0.4 is 5.30 Å². The van der Waals surface area contributed by atoms with Gasteiger partial charge in [-0.2, -0.15) is 0 Å². The number of halogens is 1. The minimum absolute atomic E-state index is 0.0365. The van der Waals surface area contributed by atoms with Crippen molar-refractivity contribution >= 4 is 23.3 Å². The molecule has 27 heavy (non-hydrogen) atoms. The minimum Gasteiger partial charge on any atom is -0.0683 e. The molecule has 4 rings (SSSR count). The number of hydrogen-bond acceptors (Lipinski definition) is 0. The van der Waals surface area contributed by atoms with Gasteiger partial charge in [0.1, 0.15) is 0 Å². The van der Waals surface area contributed by atoms with E-state index in [0.29, 0.717) is 0 Å². The second-order valence-corrected chi connectivity index (χ2v) is 10.6. The second-order valence-electron chi connectivity index (χ2n) is 7.87. The molecule has 3 heteroatoms. The largest absolute Gasteiger partial charge is 0.0683 e. The summed E-state index contributed by atoms with van der Waals surface area (Å²) in [4.78, 5) is 0. The number of benzene rings is 2. The first-order chi connectivity index (χ1) is 13.4. The Morgan fingerprint density at radius 3 is 1.67 bits per heavy atom. The minimum atomic E-state index is -0.0365. The summed E-state index contributed by atoms with van der Waals surface area (Å²) in [6.07, 6.45) is 14.7. The second kappa shape index (κ2) is 11.6. The molecule has 0 aliphatic heterocycles. The first-order valence-electron chi connectivity index (χ1n) is 10.5. The molecule has 0 atom stereocenters. The molecular formula is C24H31ClCuP. The summed E-state index contributed by atoms with van der Waals surface area (Å²) < 4.78 is 0. The van der Waals surface area contributed by atoms with Gasteiger partial charge in [-0.3, -0.25) is 0 Å². The van der Waals surface area contributed by atoms with E-state index in [1.165, 1.54) is 75.3 Å². The molecule has 2 aromatic rings. The van der Waals surface area contributed by atoms with Gasteiger partial charge in [0.15, 0.2) is 0 Å². The monoisotopic (exact) mass is 448 g/mol. The first-order valence-corrected chi connectivity index (χ1v) is 13.3. The van der Waals surface area contributed by atoms with E-state index in [1.807, 2.05) is 0 Å². The van der Waals surface area contributed by atoms with E-state index in [2.05, 4.69) is 79.8 Å². The van der Waals surface area contributed by atoms with Gasteiger partial charge < -0.3 is 0 Å². The van der Waals surface area contributed by atoms with Crippen LogP contribution in [0.15, 0.2) is 54.6 Å². The summed E-state index contributed by atoms with van der Waals surface area (Å²) >= 11 is 3.66. The van der Waals surface area contributed by atoms with Crippen molar-refractivity contribution in [1.82, 2.24) is 0 Å². The summed E-state index contributed by atoms with van der Waals surface area (Å²) in [7, 11) is 4.16. The van der Waals surface area contributed by atoms with Crippen molar-refractivity contribution in [1.29, 1.82) is 0 Å². The van der Waals surface area contributed by atoms with Crippen molar-refractivity contribution in [3.05, 3.63) is 54.6 Å². The first kappa shape index (κ1) is 21.4. The van der Waals surface area contributed by atoms with Gasteiger partial charge in [0, 0.05) is 0 Å². The Hall–Kier alpha value is -0.321. The molecule has 0 saturated heterocycles. The Kier molecular flexibility index (Phi) is 9.21. The van der Waals surface area contributed by atoms with Gasteiger partial charge >= 0.3 is 25.2 Å². The maximum Gasteiger partial charge on any atom is -0.0107 e. The molecule has 2 aliphatic carbocycles. The SMILES string of the molecule is [Cl][Cu].c1ccc(-c2ccccc2P(C2CCCCC2)C2CCCCC2)cc1. The molecule has 0 spiro atoms. The molecule has 2 saturated carbocycles. The normalized spacial score (nSPS) is 18.8. The number of rotatable bonds is 4. The van der Waals surface area contributed by atoms with Gasteiger partial charge in [0.25, 0.3) is 0 Å². The summed E-state index contributed by atoms with van der Waals surface area (Å²) in [5.74, 6) is 0. The standard InChI is InChI=1S/C24H31P.ClH.Cu/c1-4-12-20(13-5-1)23-18-10-11-19-24(23)25(21-14-6-2-7-15-21)22-16-8-3-9-17-22;;/h1,4-5,10-13,18-19,21-22H,2-3,6-9,14-17H2;1H;/q;;+1/p-1. The molecule has 0 aromatic heterocycles. The smallest absolute Gasteiger partial charge is 0.0107 e. The molecule has 0 nitrogen and oxygen atoms in total. The van der Waals surface area contributed by atoms with Crippen LogP contribution in [0.1, 0.15) is 64.2 Å². The van der Waals surface area contributed by atoms with Crippen LogP contribution in [0.25, 0.3) is 11.1 Å². The van der Waals surface area contributed by atoms with Crippen LogP contribution in [-0.4, -0.2) is 11.3 Å². The van der Waals surface area contributed by atoms with E-state index < -0.39 is 0 Å². The van der Waals surface area contributed by atoms with Crippen LogP contribution in [0.2, 0.25) is 0 Å². The molecule has 0 heterocycles. The molecule has 0 bridgehead atoms. The Labute approximate surface area is 179 Å². The third-order valence-corrected chi connectivity index (χ3v) is 9.76. The van der Waals surface area contributed by atoms with Crippen molar-refractivity contribution in [3.8, 4) is 11.1 Å². The summed E-state index contributed by atoms with van der Waals surface area (Å²) in [6, 6.07) is 20.5. The quantitative estimate of drug-likeness (QED) is 0.330. The van der Waals surface area contributed by atoms with Gasteiger partial charge in [0.05, 0.1) is 0 Å². The van der Waals surface area contributed by atoms with E-state index in [1.54, 1.807) is 5.30 Å². The van der Waals surface area contributed by atoms with Gasteiger partial charge in [-0.05, 0) is 53.4 Å². The molecular weight excluding hydrogens is 418 g/mol. The van der Waals surface area contributed by atoms with Crippen LogP contribution in [-0.2, 0) is 15.1 Å².